The first-order valence-corrected chi connectivity index (χ1v) is 5.56. The maximum atomic E-state index is 13.7. The first kappa shape index (κ1) is 10.9. The minimum atomic E-state index is -0.298. The summed E-state index contributed by atoms with van der Waals surface area (Å²) in [6, 6.07) is 6.54. The molecule has 0 radical (unpaired) electrons. The van der Waals surface area contributed by atoms with E-state index >= 15 is 0 Å². The second kappa shape index (κ2) is 3.92. The predicted octanol–water partition coefficient (Wildman–Crippen LogP) is 1.33. The van der Waals surface area contributed by atoms with Crippen molar-refractivity contribution in [2.24, 2.45) is 12.8 Å². The molecule has 0 spiro atoms. The van der Waals surface area contributed by atoms with E-state index in [0.717, 1.165) is 5.69 Å². The standard InChI is InChI=1S/C12H12FN5/c1-17-11(9-4-2-3-5-10(9)13)16-18-7-8(6-14)15-12(17)18/h2-5,7H,6,14H2,1H3. The summed E-state index contributed by atoms with van der Waals surface area (Å²) in [5, 5.41) is 4.33. The number of nitrogens with two attached hydrogens (primary N) is 1. The molecule has 2 aromatic heterocycles. The molecule has 18 heavy (non-hydrogen) atoms. The fourth-order valence-corrected chi connectivity index (χ4v) is 1.95. The van der Waals surface area contributed by atoms with Crippen molar-refractivity contribution < 1.29 is 4.39 Å². The van der Waals surface area contributed by atoms with Crippen molar-refractivity contribution >= 4 is 5.78 Å². The zero-order valence-corrected chi connectivity index (χ0v) is 9.84. The molecule has 3 aromatic rings. The molecule has 2 N–H and O–H groups in total. The molecule has 0 aliphatic rings. The first-order valence-electron chi connectivity index (χ1n) is 5.56. The van der Waals surface area contributed by atoms with Gasteiger partial charge in [-0.1, -0.05) is 12.1 Å². The molecule has 0 fully saturated rings. The van der Waals surface area contributed by atoms with E-state index in [0.29, 0.717) is 23.7 Å². The van der Waals surface area contributed by atoms with Crippen LogP contribution in [-0.2, 0) is 13.6 Å². The normalized spacial score (nSPS) is 11.3. The van der Waals surface area contributed by atoms with E-state index < -0.39 is 0 Å². The van der Waals surface area contributed by atoms with Crippen LogP contribution in [-0.4, -0.2) is 19.2 Å². The maximum absolute atomic E-state index is 13.7. The Morgan fingerprint density at radius 3 is 2.78 bits per heavy atom. The second-order valence-corrected chi connectivity index (χ2v) is 4.04. The lowest BCUT2D eigenvalue weighted by Crippen LogP contribution is -1.99. The topological polar surface area (TPSA) is 61.1 Å². The molecular formula is C12H12FN5. The van der Waals surface area contributed by atoms with Gasteiger partial charge < -0.3 is 5.73 Å². The number of nitrogens with zero attached hydrogens (tertiary/aromatic N) is 4. The summed E-state index contributed by atoms with van der Waals surface area (Å²) in [6.07, 6.45) is 1.75. The van der Waals surface area contributed by atoms with Crippen LogP contribution in [0, 0.1) is 5.82 Å². The molecule has 0 saturated heterocycles. The molecule has 0 unspecified atom stereocenters. The molecule has 3 rings (SSSR count). The molecule has 0 aliphatic carbocycles. The van der Waals surface area contributed by atoms with E-state index in [1.54, 1.807) is 40.5 Å². The van der Waals surface area contributed by atoms with E-state index in [9.17, 15) is 4.39 Å². The molecule has 2 heterocycles. The fourth-order valence-electron chi connectivity index (χ4n) is 1.95. The SMILES string of the molecule is Cn1c(-c2ccccc2F)nn2cc(CN)nc12. The Morgan fingerprint density at radius 1 is 1.33 bits per heavy atom. The Bertz CT molecular complexity index is 712. The highest BCUT2D eigenvalue weighted by molar-refractivity contribution is 5.59. The maximum Gasteiger partial charge on any atom is 0.232 e. The third kappa shape index (κ3) is 1.50. The second-order valence-electron chi connectivity index (χ2n) is 4.04. The Hall–Kier alpha value is -2.21. The zero-order valence-electron chi connectivity index (χ0n) is 9.84. The van der Waals surface area contributed by atoms with E-state index in [4.69, 9.17) is 5.73 Å². The van der Waals surface area contributed by atoms with Crippen LogP contribution in [0.4, 0.5) is 4.39 Å². The number of imidazole rings is 1. The monoisotopic (exact) mass is 245 g/mol. The summed E-state index contributed by atoms with van der Waals surface area (Å²) in [5.74, 6) is 0.890. The van der Waals surface area contributed by atoms with E-state index in [1.165, 1.54) is 6.07 Å². The summed E-state index contributed by atoms with van der Waals surface area (Å²) in [6.45, 7) is 0.360. The lowest BCUT2D eigenvalue weighted by atomic mass is 10.2. The highest BCUT2D eigenvalue weighted by atomic mass is 19.1. The van der Waals surface area contributed by atoms with Gasteiger partial charge in [-0.05, 0) is 12.1 Å². The van der Waals surface area contributed by atoms with Crippen LogP contribution in [0.2, 0.25) is 0 Å². The summed E-state index contributed by atoms with van der Waals surface area (Å²) in [5.41, 5.74) is 6.74. The van der Waals surface area contributed by atoms with Gasteiger partial charge in [-0.2, -0.15) is 0 Å². The van der Waals surface area contributed by atoms with Crippen LogP contribution in [0.3, 0.4) is 0 Å². The lowest BCUT2D eigenvalue weighted by molar-refractivity contribution is 0.628. The van der Waals surface area contributed by atoms with E-state index in [-0.39, 0.29) is 5.82 Å². The van der Waals surface area contributed by atoms with Crippen molar-refractivity contribution in [3.8, 4) is 11.4 Å². The molecular weight excluding hydrogens is 233 g/mol. The number of fused-ring (bicyclic) bond motifs is 1. The summed E-state index contributed by atoms with van der Waals surface area (Å²) in [7, 11) is 1.80. The van der Waals surface area contributed by atoms with Crippen LogP contribution in [0.5, 0.6) is 0 Å². The largest absolute Gasteiger partial charge is 0.325 e. The lowest BCUT2D eigenvalue weighted by Gasteiger charge is -2.01. The summed E-state index contributed by atoms with van der Waals surface area (Å²) < 4.78 is 17.1. The minimum absolute atomic E-state index is 0.298. The first-order chi connectivity index (χ1) is 8.70. The van der Waals surface area contributed by atoms with Crippen molar-refractivity contribution in [1.82, 2.24) is 19.2 Å². The number of hydrogen-bond donors (Lipinski definition) is 1. The predicted molar refractivity (Wildman–Crippen MR) is 65.2 cm³/mol. The Balaban J connectivity index is 2.22. The van der Waals surface area contributed by atoms with Crippen molar-refractivity contribution in [2.75, 3.05) is 0 Å². The average Bonchev–Trinajstić information content (AvgIpc) is 2.90. The van der Waals surface area contributed by atoms with E-state index in [2.05, 4.69) is 10.1 Å². The molecule has 5 nitrogen and oxygen atoms in total. The highest BCUT2D eigenvalue weighted by Crippen LogP contribution is 2.21. The Labute approximate surface area is 103 Å². The number of aromatic nitrogens is 4. The Kier molecular flexibility index (Phi) is 2.38. The molecule has 1 aromatic carbocycles. The van der Waals surface area contributed by atoms with Crippen molar-refractivity contribution in [2.45, 2.75) is 6.54 Å². The number of rotatable bonds is 2. The van der Waals surface area contributed by atoms with E-state index in [1.807, 2.05) is 0 Å². The fraction of sp³-hybridized carbons (Fsp3) is 0.167. The van der Waals surface area contributed by atoms with Gasteiger partial charge in [-0.15, -0.1) is 5.10 Å². The quantitative estimate of drug-likeness (QED) is 0.741. The highest BCUT2D eigenvalue weighted by Gasteiger charge is 2.15. The minimum Gasteiger partial charge on any atom is -0.325 e. The summed E-state index contributed by atoms with van der Waals surface area (Å²) in [4.78, 5) is 4.32. The molecule has 0 aliphatic heterocycles. The van der Waals surface area contributed by atoms with Crippen molar-refractivity contribution in [3.63, 3.8) is 0 Å². The van der Waals surface area contributed by atoms with Gasteiger partial charge in [0.1, 0.15) is 5.82 Å². The van der Waals surface area contributed by atoms with Gasteiger partial charge >= 0.3 is 0 Å². The zero-order chi connectivity index (χ0) is 12.7. The van der Waals surface area contributed by atoms with Crippen LogP contribution < -0.4 is 5.73 Å². The third-order valence-electron chi connectivity index (χ3n) is 2.86. The Morgan fingerprint density at radius 2 is 2.11 bits per heavy atom. The van der Waals surface area contributed by atoms with Crippen LogP contribution >= 0.6 is 0 Å². The van der Waals surface area contributed by atoms with Crippen LogP contribution in [0.1, 0.15) is 5.69 Å². The van der Waals surface area contributed by atoms with Gasteiger partial charge in [-0.25, -0.2) is 13.9 Å². The molecule has 0 bridgehead atoms. The molecule has 92 valence electrons. The molecule has 0 saturated carbocycles. The van der Waals surface area contributed by atoms with Crippen LogP contribution in [0.15, 0.2) is 30.5 Å². The van der Waals surface area contributed by atoms with Gasteiger partial charge in [0.05, 0.1) is 17.5 Å². The van der Waals surface area contributed by atoms with Gasteiger partial charge in [0.2, 0.25) is 5.78 Å². The van der Waals surface area contributed by atoms with Crippen molar-refractivity contribution in [3.05, 3.63) is 42.0 Å². The smallest absolute Gasteiger partial charge is 0.232 e. The average molecular weight is 245 g/mol. The van der Waals surface area contributed by atoms with Gasteiger partial charge in [0.15, 0.2) is 5.82 Å². The van der Waals surface area contributed by atoms with Crippen molar-refractivity contribution in [1.29, 1.82) is 0 Å². The van der Waals surface area contributed by atoms with Gasteiger partial charge in [0.25, 0.3) is 0 Å². The molecule has 6 heteroatoms. The number of halogens is 1. The number of aryl methyl sites for hydroxylation is 1. The molecule has 0 atom stereocenters. The van der Waals surface area contributed by atoms with Gasteiger partial charge in [0, 0.05) is 13.6 Å². The number of hydrogen-bond acceptors (Lipinski definition) is 3. The van der Waals surface area contributed by atoms with Crippen LogP contribution in [0.25, 0.3) is 17.2 Å². The van der Waals surface area contributed by atoms with Gasteiger partial charge in [-0.3, -0.25) is 4.57 Å². The third-order valence-corrected chi connectivity index (χ3v) is 2.86. The number of benzene rings is 1. The molecule has 0 amide bonds. The summed E-state index contributed by atoms with van der Waals surface area (Å²) >= 11 is 0.